The third-order valence-corrected chi connectivity index (χ3v) is 1.50. The first-order chi connectivity index (χ1) is 3.00. The Morgan fingerprint density at radius 3 is 0.714 bits per heavy atom. The van der Waals surface area contributed by atoms with Crippen LogP contribution in [0, 0.1) is 0 Å². The van der Waals surface area contributed by atoms with Crippen LogP contribution in [0.25, 0.3) is 0 Å². The predicted octanol–water partition coefficient (Wildman–Crippen LogP) is 1.42. The zero-order valence-corrected chi connectivity index (χ0v) is 4.24. The van der Waals surface area contributed by atoms with Crippen molar-refractivity contribution in [1.82, 2.24) is 0 Å². The summed E-state index contributed by atoms with van der Waals surface area (Å²) in [6, 6.07) is 0. The van der Waals surface area contributed by atoms with Crippen LogP contribution >= 0.6 is 0 Å². The van der Waals surface area contributed by atoms with Gasteiger partial charge in [-0.05, 0) is 0 Å². The van der Waals surface area contributed by atoms with Crippen molar-refractivity contribution in [3.63, 3.8) is 0 Å². The average molecular weight is 126 g/mol. The zero-order chi connectivity index (χ0) is 4.24. The Labute approximate surface area is 75.7 Å². The first-order valence-electron chi connectivity index (χ1n) is 3.00. The third kappa shape index (κ3) is 3.81. The van der Waals surface area contributed by atoms with Gasteiger partial charge in [0.15, 0.2) is 0 Å². The van der Waals surface area contributed by atoms with Crippen LogP contribution in [0.3, 0.4) is 0 Å². The van der Waals surface area contributed by atoms with Gasteiger partial charge in [0.2, 0.25) is 0 Å². The van der Waals surface area contributed by atoms with E-state index in [0.717, 1.165) is 0 Å². The van der Waals surface area contributed by atoms with Gasteiger partial charge in [0.05, 0.1) is 0 Å². The molecule has 40 valence electrons. The van der Waals surface area contributed by atoms with E-state index in [2.05, 4.69) is 0 Å². The van der Waals surface area contributed by atoms with Crippen molar-refractivity contribution in [2.45, 2.75) is 38.5 Å². The van der Waals surface area contributed by atoms with Crippen LogP contribution in [-0.4, -0.2) is 37.7 Å². The van der Waals surface area contributed by atoms with E-state index in [1.807, 2.05) is 0 Å². The van der Waals surface area contributed by atoms with E-state index >= 15 is 0 Å². The van der Waals surface area contributed by atoms with E-state index in [1.165, 1.54) is 38.5 Å². The van der Waals surface area contributed by atoms with Gasteiger partial charge in [-0.1, -0.05) is 38.5 Å². The Bertz CT molecular complexity index is 19.7. The summed E-state index contributed by atoms with van der Waals surface area (Å²) in [5, 5.41) is 0. The van der Waals surface area contributed by atoms with Crippen molar-refractivity contribution < 1.29 is 0 Å². The normalized spacial score (nSPS) is 20.6. The van der Waals surface area contributed by atoms with Gasteiger partial charge >= 0.3 is 37.7 Å². The fourth-order valence-electron chi connectivity index (χ4n) is 1.06. The van der Waals surface area contributed by atoms with Gasteiger partial charge < -0.3 is 0 Å². The number of rotatable bonds is 0. The van der Waals surface area contributed by atoms with Gasteiger partial charge in [0.25, 0.3) is 0 Å². The van der Waals surface area contributed by atoms with E-state index in [9.17, 15) is 0 Å². The predicted molar refractivity (Wildman–Crippen MR) is 36.2 cm³/mol. The molecule has 0 aromatic carbocycles. The maximum absolute atomic E-state index is 1.50. The molecule has 1 heteroatoms. The Hall–Kier alpha value is 1.26. The van der Waals surface area contributed by atoms with Gasteiger partial charge in [0.1, 0.15) is 0 Å². The van der Waals surface area contributed by atoms with E-state index < -0.39 is 0 Å². The molecule has 0 spiro atoms. The zero-order valence-electron chi connectivity index (χ0n) is 4.24. The molecule has 1 aliphatic carbocycles. The van der Waals surface area contributed by atoms with Crippen molar-refractivity contribution in [3.05, 3.63) is 0 Å². The Morgan fingerprint density at radius 1 is 0.429 bits per heavy atom. The van der Waals surface area contributed by atoms with Gasteiger partial charge in [-0.15, -0.1) is 0 Å². The maximum atomic E-state index is 1.50. The summed E-state index contributed by atoms with van der Waals surface area (Å²) in [5.74, 6) is 0. The molecule has 1 rings (SSSR count). The molecule has 0 unspecified atom stereocenters. The molecule has 0 radical (unpaired) electrons. The van der Waals surface area contributed by atoms with E-state index in [-0.39, 0.29) is 37.7 Å². The van der Waals surface area contributed by atoms with Gasteiger partial charge in [-0.25, -0.2) is 0 Å². The second kappa shape index (κ2) is 5.40. The molecule has 0 aromatic rings. The summed E-state index contributed by atoms with van der Waals surface area (Å²) in [7, 11) is 0. The molecule has 0 atom stereocenters. The molecule has 1 aliphatic rings. The minimum atomic E-state index is 0. The van der Waals surface area contributed by atoms with Crippen LogP contribution in [0.2, 0.25) is 0 Å². The monoisotopic (exact) mass is 126 g/mol. The van der Waals surface area contributed by atoms with Crippen LogP contribution in [0.1, 0.15) is 38.5 Å². The standard InChI is InChI=1S/C6H12.Ca.2H/c1-2-4-6-5-3-1;;;/h1-6H2;;;. The van der Waals surface area contributed by atoms with Gasteiger partial charge in [-0.2, -0.15) is 0 Å². The fourth-order valence-corrected chi connectivity index (χ4v) is 1.06. The van der Waals surface area contributed by atoms with Crippen LogP contribution in [-0.2, 0) is 0 Å². The Morgan fingerprint density at radius 2 is 0.571 bits per heavy atom. The van der Waals surface area contributed by atoms with Gasteiger partial charge in [-0.3, -0.25) is 0 Å². The summed E-state index contributed by atoms with van der Waals surface area (Å²) in [6.45, 7) is 0. The Balaban J connectivity index is 0.000000360. The van der Waals surface area contributed by atoms with Crippen molar-refractivity contribution in [1.29, 1.82) is 0 Å². The third-order valence-electron chi connectivity index (χ3n) is 1.50. The molecule has 0 nitrogen and oxygen atoms in total. The quantitative estimate of drug-likeness (QED) is 0.431. The van der Waals surface area contributed by atoms with Crippen LogP contribution < -0.4 is 0 Å². The van der Waals surface area contributed by atoms with Crippen molar-refractivity contribution in [2.75, 3.05) is 0 Å². The molecule has 1 saturated carbocycles. The number of hydrogen-bond donors (Lipinski definition) is 0. The minimum absolute atomic E-state index is 0. The van der Waals surface area contributed by atoms with Crippen LogP contribution in [0.4, 0.5) is 0 Å². The van der Waals surface area contributed by atoms with E-state index in [4.69, 9.17) is 0 Å². The molecule has 0 heterocycles. The van der Waals surface area contributed by atoms with Crippen LogP contribution in [0.5, 0.6) is 0 Å². The molecular weight excluding hydrogens is 112 g/mol. The van der Waals surface area contributed by atoms with Gasteiger partial charge in [0, 0.05) is 0 Å². The van der Waals surface area contributed by atoms with Crippen molar-refractivity contribution in [3.8, 4) is 0 Å². The molecule has 0 bridgehead atoms. The topological polar surface area (TPSA) is 0 Å². The molecule has 0 aromatic heterocycles. The summed E-state index contributed by atoms with van der Waals surface area (Å²) < 4.78 is 0. The molecule has 1 fully saturated rings. The van der Waals surface area contributed by atoms with Crippen LogP contribution in [0.15, 0.2) is 0 Å². The second-order valence-corrected chi connectivity index (χ2v) is 2.12. The fraction of sp³-hybridized carbons (Fsp3) is 1.00. The summed E-state index contributed by atoms with van der Waals surface area (Å²) in [5.41, 5.74) is 0. The summed E-state index contributed by atoms with van der Waals surface area (Å²) in [4.78, 5) is 0. The average Bonchev–Trinajstić information content (AvgIpc) is 1.72. The second-order valence-electron chi connectivity index (χ2n) is 2.12. The summed E-state index contributed by atoms with van der Waals surface area (Å²) in [6.07, 6.45) is 9.00. The van der Waals surface area contributed by atoms with Crippen molar-refractivity contribution >= 4 is 37.7 Å². The number of hydrogen-bond acceptors (Lipinski definition) is 0. The molecular formula is C6H14Ca. The SMILES string of the molecule is C1CCCCC1.[CaH2]. The van der Waals surface area contributed by atoms with Crippen molar-refractivity contribution in [2.24, 2.45) is 0 Å². The molecule has 7 heavy (non-hydrogen) atoms. The Kier molecular flexibility index (Phi) is 6.37. The first kappa shape index (κ1) is 8.26. The molecule has 0 N–H and O–H groups in total. The first-order valence-corrected chi connectivity index (χ1v) is 3.00. The molecule has 0 amide bonds. The molecule has 0 saturated heterocycles. The molecule has 0 aliphatic heterocycles. The van der Waals surface area contributed by atoms with E-state index in [0.29, 0.717) is 0 Å². The van der Waals surface area contributed by atoms with E-state index in [1.54, 1.807) is 0 Å². The summed E-state index contributed by atoms with van der Waals surface area (Å²) >= 11 is 0.